The van der Waals surface area contributed by atoms with Crippen LogP contribution in [0, 0.1) is 0 Å². The van der Waals surface area contributed by atoms with E-state index in [0.717, 1.165) is 24.0 Å². The van der Waals surface area contributed by atoms with Gasteiger partial charge in [0.05, 0.1) is 5.56 Å². The van der Waals surface area contributed by atoms with Crippen molar-refractivity contribution >= 4 is 28.3 Å². The van der Waals surface area contributed by atoms with Crippen LogP contribution in [0.1, 0.15) is 91.8 Å². The summed E-state index contributed by atoms with van der Waals surface area (Å²) in [6, 6.07) is 24.9. The number of unbranched alkanes of at least 4 members (excludes halogenated alkanes) is 9. The van der Waals surface area contributed by atoms with Crippen LogP contribution in [0.4, 0.5) is 5.69 Å². The van der Waals surface area contributed by atoms with Gasteiger partial charge < -0.3 is 20.5 Å². The minimum Gasteiger partial charge on any atom is -0.507 e. The molecular formula is C36H42N2O4. The van der Waals surface area contributed by atoms with Crippen LogP contribution in [0.3, 0.4) is 0 Å². The Hall–Kier alpha value is -4.32. The van der Waals surface area contributed by atoms with Crippen molar-refractivity contribution in [2.75, 3.05) is 11.9 Å². The van der Waals surface area contributed by atoms with Crippen LogP contribution < -0.4 is 15.4 Å². The van der Waals surface area contributed by atoms with Crippen LogP contribution in [0.25, 0.3) is 10.8 Å². The molecule has 0 spiro atoms. The third kappa shape index (κ3) is 9.37. The predicted octanol–water partition coefficient (Wildman–Crippen LogP) is 9.24. The van der Waals surface area contributed by atoms with E-state index in [0.29, 0.717) is 28.9 Å². The van der Waals surface area contributed by atoms with Gasteiger partial charge >= 0.3 is 0 Å². The molecule has 0 bridgehead atoms. The van der Waals surface area contributed by atoms with Crippen molar-refractivity contribution in [3.8, 4) is 17.2 Å². The second-order valence-corrected chi connectivity index (χ2v) is 10.8. The third-order valence-corrected chi connectivity index (χ3v) is 7.37. The Balaban J connectivity index is 1.27. The first kappa shape index (κ1) is 30.6. The molecule has 4 rings (SSSR count). The molecule has 0 atom stereocenters. The summed E-state index contributed by atoms with van der Waals surface area (Å²) < 4.78 is 5.80. The van der Waals surface area contributed by atoms with Crippen molar-refractivity contribution in [1.29, 1.82) is 0 Å². The Kier molecular flexibility index (Phi) is 11.8. The molecule has 0 heterocycles. The largest absolute Gasteiger partial charge is 0.507 e. The molecule has 0 saturated heterocycles. The Morgan fingerprint density at radius 3 is 2.00 bits per heavy atom. The monoisotopic (exact) mass is 566 g/mol. The average molecular weight is 567 g/mol. The average Bonchev–Trinajstić information content (AvgIpc) is 3.00. The summed E-state index contributed by atoms with van der Waals surface area (Å²) in [7, 11) is 0. The summed E-state index contributed by atoms with van der Waals surface area (Å²) in [6.07, 6.45) is 12.5. The number of aromatic hydroxyl groups is 1. The summed E-state index contributed by atoms with van der Waals surface area (Å²) in [5.41, 5.74) is 1.23. The van der Waals surface area contributed by atoms with Crippen LogP contribution in [0.15, 0.2) is 84.9 Å². The standard InChI is InChI=1S/C36H42N2O4/c1-2-3-4-5-6-7-8-9-10-14-23-37-35(40)28-18-17-27-26-34(39)33(25-29(27)24-28)36(41)38-30-19-21-32(22-20-30)42-31-15-12-11-13-16-31/h11-13,15-22,24-26,39H,2-10,14,23H2,1H3,(H,37,40)(H,38,41). The Morgan fingerprint density at radius 2 is 1.31 bits per heavy atom. The zero-order chi connectivity index (χ0) is 29.6. The second kappa shape index (κ2) is 16.2. The lowest BCUT2D eigenvalue weighted by atomic mass is 10.0. The molecule has 0 unspecified atom stereocenters. The summed E-state index contributed by atoms with van der Waals surface area (Å²) in [5, 5.41) is 17.8. The molecule has 3 N–H and O–H groups in total. The summed E-state index contributed by atoms with van der Waals surface area (Å²) in [6.45, 7) is 2.89. The number of amides is 2. The van der Waals surface area contributed by atoms with Crippen LogP contribution in [-0.4, -0.2) is 23.5 Å². The first-order chi connectivity index (χ1) is 20.5. The number of phenols is 1. The van der Waals surface area contributed by atoms with Crippen LogP contribution >= 0.6 is 0 Å². The lowest BCUT2D eigenvalue weighted by Crippen LogP contribution is -2.24. The normalized spacial score (nSPS) is 10.9. The number of rotatable bonds is 16. The van der Waals surface area contributed by atoms with Gasteiger partial charge in [-0.3, -0.25) is 9.59 Å². The van der Waals surface area contributed by atoms with Gasteiger partial charge in [0.15, 0.2) is 0 Å². The fraction of sp³-hybridized carbons (Fsp3) is 0.333. The number of ether oxygens (including phenoxy) is 1. The maximum atomic E-state index is 13.0. The van der Waals surface area contributed by atoms with E-state index in [-0.39, 0.29) is 17.2 Å². The molecule has 0 aliphatic heterocycles. The number of carbonyl (C=O) groups excluding carboxylic acids is 2. The summed E-state index contributed by atoms with van der Waals surface area (Å²) in [4.78, 5) is 25.8. The molecule has 0 fully saturated rings. The SMILES string of the molecule is CCCCCCCCCCCCNC(=O)c1ccc2cc(O)c(C(=O)Nc3ccc(Oc4ccccc4)cc3)cc2c1. The highest BCUT2D eigenvalue weighted by molar-refractivity contribution is 6.09. The van der Waals surface area contributed by atoms with Crippen molar-refractivity contribution in [2.24, 2.45) is 0 Å². The van der Waals surface area contributed by atoms with Crippen molar-refractivity contribution in [2.45, 2.75) is 71.1 Å². The molecule has 0 aliphatic carbocycles. The number of benzene rings is 4. The number of nitrogens with one attached hydrogen (secondary N) is 2. The number of carbonyl (C=O) groups is 2. The van der Waals surface area contributed by atoms with E-state index in [2.05, 4.69) is 17.6 Å². The Labute approximate surface area is 249 Å². The first-order valence-electron chi connectivity index (χ1n) is 15.2. The topological polar surface area (TPSA) is 87.7 Å². The van der Waals surface area contributed by atoms with E-state index in [1.807, 2.05) is 30.3 Å². The smallest absolute Gasteiger partial charge is 0.259 e. The molecule has 42 heavy (non-hydrogen) atoms. The van der Waals surface area contributed by atoms with Crippen LogP contribution in [0.5, 0.6) is 17.2 Å². The predicted molar refractivity (Wildman–Crippen MR) is 171 cm³/mol. The maximum absolute atomic E-state index is 13.0. The van der Waals surface area contributed by atoms with Crippen molar-refractivity contribution in [3.63, 3.8) is 0 Å². The maximum Gasteiger partial charge on any atom is 0.259 e. The van der Waals surface area contributed by atoms with Crippen molar-refractivity contribution < 1.29 is 19.4 Å². The molecule has 0 aliphatic rings. The molecule has 220 valence electrons. The van der Waals surface area contributed by atoms with E-state index in [1.165, 1.54) is 51.4 Å². The number of phenolic OH excluding ortho intramolecular Hbond substituents is 1. The summed E-state index contributed by atoms with van der Waals surface area (Å²) in [5.74, 6) is 0.669. The number of hydrogen-bond donors (Lipinski definition) is 3. The fourth-order valence-corrected chi connectivity index (χ4v) is 4.95. The third-order valence-electron chi connectivity index (χ3n) is 7.37. The first-order valence-corrected chi connectivity index (χ1v) is 15.2. The molecule has 4 aromatic rings. The lowest BCUT2D eigenvalue weighted by molar-refractivity contribution is 0.0952. The van der Waals surface area contributed by atoms with Gasteiger partial charge in [0.1, 0.15) is 17.2 Å². The molecule has 4 aromatic carbocycles. The number of anilines is 1. The minimum absolute atomic E-state index is 0.123. The fourth-order valence-electron chi connectivity index (χ4n) is 4.95. The van der Waals surface area contributed by atoms with E-state index < -0.39 is 5.91 Å². The Morgan fingerprint density at radius 1 is 0.667 bits per heavy atom. The van der Waals surface area contributed by atoms with Gasteiger partial charge in [-0.1, -0.05) is 89.0 Å². The van der Waals surface area contributed by atoms with Gasteiger partial charge in [0, 0.05) is 17.8 Å². The minimum atomic E-state index is -0.443. The zero-order valence-electron chi connectivity index (χ0n) is 24.5. The van der Waals surface area contributed by atoms with Gasteiger partial charge in [0.2, 0.25) is 0 Å². The molecule has 6 nitrogen and oxygen atoms in total. The van der Waals surface area contributed by atoms with E-state index in [9.17, 15) is 14.7 Å². The van der Waals surface area contributed by atoms with Crippen LogP contribution in [0.2, 0.25) is 0 Å². The van der Waals surface area contributed by atoms with Crippen molar-refractivity contribution in [1.82, 2.24) is 5.32 Å². The van der Waals surface area contributed by atoms with Gasteiger partial charge in [0.25, 0.3) is 11.8 Å². The van der Waals surface area contributed by atoms with E-state index >= 15 is 0 Å². The number of hydrogen-bond acceptors (Lipinski definition) is 4. The van der Waals surface area contributed by atoms with Gasteiger partial charge in [-0.05, 0) is 77.9 Å². The highest BCUT2D eigenvalue weighted by Crippen LogP contribution is 2.28. The van der Waals surface area contributed by atoms with Gasteiger partial charge in [-0.25, -0.2) is 0 Å². The molecule has 0 radical (unpaired) electrons. The molecule has 0 saturated carbocycles. The molecule has 0 aromatic heterocycles. The second-order valence-electron chi connectivity index (χ2n) is 10.8. The highest BCUT2D eigenvalue weighted by Gasteiger charge is 2.15. The lowest BCUT2D eigenvalue weighted by Gasteiger charge is -2.11. The van der Waals surface area contributed by atoms with Gasteiger partial charge in [-0.2, -0.15) is 0 Å². The highest BCUT2D eigenvalue weighted by atomic mass is 16.5. The molecule has 6 heteroatoms. The molecular weight excluding hydrogens is 524 g/mol. The Bertz CT molecular complexity index is 1430. The van der Waals surface area contributed by atoms with Crippen molar-refractivity contribution in [3.05, 3.63) is 96.1 Å². The van der Waals surface area contributed by atoms with E-state index in [4.69, 9.17) is 4.74 Å². The van der Waals surface area contributed by atoms with E-state index in [1.54, 1.807) is 54.6 Å². The van der Waals surface area contributed by atoms with Crippen LogP contribution in [-0.2, 0) is 0 Å². The van der Waals surface area contributed by atoms with Gasteiger partial charge in [-0.15, -0.1) is 0 Å². The zero-order valence-corrected chi connectivity index (χ0v) is 24.5. The summed E-state index contributed by atoms with van der Waals surface area (Å²) >= 11 is 0. The number of fused-ring (bicyclic) bond motifs is 1. The number of para-hydroxylation sites is 1. The quantitative estimate of drug-likeness (QED) is 0.118. The molecule has 2 amide bonds.